The van der Waals surface area contributed by atoms with Gasteiger partial charge in [0.2, 0.25) is 0 Å². The molecule has 0 aliphatic rings. The second kappa shape index (κ2) is 5.21. The number of hydrogen-bond acceptors (Lipinski definition) is 3. The van der Waals surface area contributed by atoms with Crippen molar-refractivity contribution in [3.63, 3.8) is 0 Å². The van der Waals surface area contributed by atoms with Gasteiger partial charge in [-0.15, -0.1) is 0 Å². The second-order valence-electron chi connectivity index (χ2n) is 3.16. The van der Waals surface area contributed by atoms with Crippen LogP contribution in [-0.2, 0) is 14.3 Å². The van der Waals surface area contributed by atoms with Gasteiger partial charge in [0.1, 0.15) is 11.4 Å². The van der Waals surface area contributed by atoms with Gasteiger partial charge in [-0.05, 0) is 30.7 Å². The number of carbonyl (C=O) groups excluding carboxylic acids is 2. The highest BCUT2D eigenvalue weighted by atomic mass is 19.1. The van der Waals surface area contributed by atoms with Crippen LogP contribution in [0.3, 0.4) is 0 Å². The van der Waals surface area contributed by atoms with E-state index in [4.69, 9.17) is 0 Å². The summed E-state index contributed by atoms with van der Waals surface area (Å²) in [5.74, 6) is -1.57. The number of carbonyl (C=O) groups is 2. The van der Waals surface area contributed by atoms with Crippen molar-refractivity contribution in [2.45, 2.75) is 6.92 Å². The lowest BCUT2D eigenvalue weighted by atomic mass is 10.1. The van der Waals surface area contributed by atoms with E-state index >= 15 is 0 Å². The van der Waals surface area contributed by atoms with Crippen molar-refractivity contribution in [2.24, 2.45) is 0 Å². The fourth-order valence-corrected chi connectivity index (χ4v) is 1.18. The monoisotopic (exact) mass is 222 g/mol. The summed E-state index contributed by atoms with van der Waals surface area (Å²) in [6.07, 6.45) is 1.30. The fraction of sp³-hybridized carbons (Fsp3) is 0.167. The average molecular weight is 222 g/mol. The van der Waals surface area contributed by atoms with Crippen molar-refractivity contribution in [3.05, 3.63) is 41.2 Å². The van der Waals surface area contributed by atoms with Crippen LogP contribution in [0.1, 0.15) is 12.5 Å². The maximum Gasteiger partial charge on any atom is 0.341 e. The molecule has 0 aliphatic heterocycles. The van der Waals surface area contributed by atoms with Gasteiger partial charge in [-0.25, -0.2) is 9.18 Å². The maximum atomic E-state index is 12.9. The second-order valence-corrected chi connectivity index (χ2v) is 3.16. The molecule has 1 rings (SSSR count). The average Bonchev–Trinajstić information content (AvgIpc) is 2.24. The normalized spacial score (nSPS) is 11.1. The Kier molecular flexibility index (Phi) is 3.94. The molecule has 0 aromatic heterocycles. The first-order chi connectivity index (χ1) is 7.54. The van der Waals surface area contributed by atoms with Crippen molar-refractivity contribution >= 4 is 17.8 Å². The lowest BCUT2D eigenvalue weighted by molar-refractivity contribution is -0.137. The highest BCUT2D eigenvalue weighted by Gasteiger charge is 2.14. The Labute approximate surface area is 92.5 Å². The number of ether oxygens (including phenoxy) is 1. The molecular weight excluding hydrogens is 211 g/mol. The van der Waals surface area contributed by atoms with Crippen molar-refractivity contribution in [1.29, 1.82) is 0 Å². The summed E-state index contributed by atoms with van der Waals surface area (Å²) < 4.78 is 17.3. The Bertz CT molecular complexity index is 449. The van der Waals surface area contributed by atoms with Gasteiger partial charge in [0.05, 0.1) is 7.11 Å². The Hall–Kier alpha value is -1.97. The standard InChI is InChI=1S/C12H11FO3/c1-8(14)11(12(15)16-2)7-9-4-3-5-10(13)6-9/h3-7H,1-2H3/b11-7-. The van der Waals surface area contributed by atoms with E-state index < -0.39 is 17.6 Å². The minimum Gasteiger partial charge on any atom is -0.465 e. The maximum absolute atomic E-state index is 12.9. The first-order valence-electron chi connectivity index (χ1n) is 4.61. The molecule has 1 aromatic carbocycles. The van der Waals surface area contributed by atoms with Crippen molar-refractivity contribution < 1.29 is 18.7 Å². The topological polar surface area (TPSA) is 43.4 Å². The van der Waals surface area contributed by atoms with Gasteiger partial charge in [-0.2, -0.15) is 0 Å². The first-order valence-corrected chi connectivity index (χ1v) is 4.61. The zero-order valence-corrected chi connectivity index (χ0v) is 8.99. The third kappa shape index (κ3) is 3.02. The molecule has 0 heterocycles. The number of halogens is 1. The van der Waals surface area contributed by atoms with Crippen LogP contribution in [-0.4, -0.2) is 18.9 Å². The molecule has 0 saturated carbocycles. The molecule has 0 spiro atoms. The summed E-state index contributed by atoms with van der Waals surface area (Å²) in [6.45, 7) is 1.25. The highest BCUT2D eigenvalue weighted by molar-refractivity contribution is 6.19. The summed E-state index contributed by atoms with van der Waals surface area (Å²) in [5, 5.41) is 0. The fourth-order valence-electron chi connectivity index (χ4n) is 1.18. The molecule has 0 amide bonds. The van der Waals surface area contributed by atoms with E-state index in [-0.39, 0.29) is 5.57 Å². The summed E-state index contributed by atoms with van der Waals surface area (Å²) >= 11 is 0. The molecule has 16 heavy (non-hydrogen) atoms. The molecule has 0 N–H and O–H groups in total. The first kappa shape index (κ1) is 12.1. The number of methoxy groups -OCH3 is 1. The molecule has 3 nitrogen and oxygen atoms in total. The largest absolute Gasteiger partial charge is 0.465 e. The molecule has 0 atom stereocenters. The van der Waals surface area contributed by atoms with Crippen molar-refractivity contribution in [3.8, 4) is 0 Å². The van der Waals surface area contributed by atoms with E-state index in [1.165, 1.54) is 38.3 Å². The predicted octanol–water partition coefficient (Wildman–Crippen LogP) is 1.97. The van der Waals surface area contributed by atoms with Gasteiger partial charge in [-0.3, -0.25) is 4.79 Å². The minimum absolute atomic E-state index is 0.104. The van der Waals surface area contributed by atoms with E-state index in [1.54, 1.807) is 6.07 Å². The van der Waals surface area contributed by atoms with Crippen LogP contribution < -0.4 is 0 Å². The lowest BCUT2D eigenvalue weighted by Crippen LogP contribution is -2.11. The van der Waals surface area contributed by atoms with Crippen LogP contribution >= 0.6 is 0 Å². The van der Waals surface area contributed by atoms with Gasteiger partial charge in [0, 0.05) is 0 Å². The van der Waals surface area contributed by atoms with Crippen molar-refractivity contribution in [1.82, 2.24) is 0 Å². The van der Waals surface area contributed by atoms with E-state index in [2.05, 4.69) is 4.74 Å². The Morgan fingerprint density at radius 1 is 1.38 bits per heavy atom. The summed E-state index contributed by atoms with van der Waals surface area (Å²) in [5.41, 5.74) is 0.337. The summed E-state index contributed by atoms with van der Waals surface area (Å²) in [4.78, 5) is 22.4. The molecule has 0 unspecified atom stereocenters. The van der Waals surface area contributed by atoms with Crippen LogP contribution in [0.2, 0.25) is 0 Å². The van der Waals surface area contributed by atoms with E-state index in [1.807, 2.05) is 0 Å². The number of Topliss-reactive ketones (excluding diaryl/α,β-unsaturated/α-hetero) is 1. The SMILES string of the molecule is COC(=O)/C(=C\c1cccc(F)c1)C(C)=O. The molecule has 0 fully saturated rings. The van der Waals surface area contributed by atoms with Crippen LogP contribution in [0.4, 0.5) is 4.39 Å². The van der Waals surface area contributed by atoms with E-state index in [9.17, 15) is 14.0 Å². The third-order valence-electron chi connectivity index (χ3n) is 1.94. The predicted molar refractivity (Wildman–Crippen MR) is 57.1 cm³/mol. The smallest absolute Gasteiger partial charge is 0.341 e. The number of esters is 1. The van der Waals surface area contributed by atoms with E-state index in [0.29, 0.717) is 5.56 Å². The highest BCUT2D eigenvalue weighted by Crippen LogP contribution is 2.10. The minimum atomic E-state index is -0.725. The Morgan fingerprint density at radius 3 is 2.56 bits per heavy atom. The zero-order chi connectivity index (χ0) is 12.1. The number of rotatable bonds is 3. The molecule has 0 radical (unpaired) electrons. The molecule has 0 saturated heterocycles. The third-order valence-corrected chi connectivity index (χ3v) is 1.94. The quantitative estimate of drug-likeness (QED) is 0.340. The Balaban J connectivity index is 3.12. The molecule has 84 valence electrons. The van der Waals surface area contributed by atoms with Crippen LogP contribution in [0.5, 0.6) is 0 Å². The molecular formula is C12H11FO3. The number of ketones is 1. The van der Waals surface area contributed by atoms with Gasteiger partial charge in [0.15, 0.2) is 5.78 Å². The summed E-state index contributed by atoms with van der Waals surface area (Å²) in [6, 6.07) is 5.60. The van der Waals surface area contributed by atoms with Gasteiger partial charge in [-0.1, -0.05) is 12.1 Å². The molecule has 0 aliphatic carbocycles. The van der Waals surface area contributed by atoms with Crippen LogP contribution in [0.15, 0.2) is 29.8 Å². The molecule has 1 aromatic rings. The van der Waals surface area contributed by atoms with E-state index in [0.717, 1.165) is 0 Å². The zero-order valence-electron chi connectivity index (χ0n) is 8.99. The van der Waals surface area contributed by atoms with Crippen molar-refractivity contribution in [2.75, 3.05) is 7.11 Å². The molecule has 0 bridgehead atoms. The van der Waals surface area contributed by atoms with Gasteiger partial charge < -0.3 is 4.74 Å². The Morgan fingerprint density at radius 2 is 2.06 bits per heavy atom. The summed E-state index contributed by atoms with van der Waals surface area (Å²) in [7, 11) is 1.19. The van der Waals surface area contributed by atoms with Gasteiger partial charge >= 0.3 is 5.97 Å². The van der Waals surface area contributed by atoms with Gasteiger partial charge in [0.25, 0.3) is 0 Å². The van der Waals surface area contributed by atoms with Crippen LogP contribution in [0, 0.1) is 5.82 Å². The number of hydrogen-bond donors (Lipinski definition) is 0. The molecule has 4 heteroatoms. The number of benzene rings is 1. The lowest BCUT2D eigenvalue weighted by Gasteiger charge is -2.01. The van der Waals surface area contributed by atoms with Crippen LogP contribution in [0.25, 0.3) is 6.08 Å².